The van der Waals surface area contributed by atoms with E-state index in [1.54, 1.807) is 0 Å². The van der Waals surface area contributed by atoms with Crippen LogP contribution in [0.2, 0.25) is 0 Å². The smallest absolute Gasteiger partial charge is 0.311 e. The number of carbonyl (C=O) groups is 2. The average molecular weight is 513 g/mol. The molecule has 0 amide bonds. The largest absolute Gasteiger partial charge is 0.465 e. The Labute approximate surface area is 218 Å². The SMILES string of the molecule is CCC(CCCCCCCOC(=O)C1CC(C)(C)N(O)C1(C)C)OC(=O)C1CC(C)(C)N(O)C1(C)C. The molecule has 0 aromatic rings. The molecule has 0 radical (unpaired) electrons. The molecule has 0 bridgehead atoms. The van der Waals surface area contributed by atoms with E-state index < -0.39 is 22.2 Å². The number of unbranched alkanes of at least 4 members (excludes halogenated alkanes) is 4. The summed E-state index contributed by atoms with van der Waals surface area (Å²) in [6.45, 7) is 17.7. The lowest BCUT2D eigenvalue weighted by atomic mass is 9.87. The molecule has 0 spiro atoms. The molecule has 0 aromatic heterocycles. The van der Waals surface area contributed by atoms with Gasteiger partial charge in [0.25, 0.3) is 0 Å². The van der Waals surface area contributed by atoms with E-state index in [0.29, 0.717) is 19.4 Å². The molecule has 2 aliphatic heterocycles. The van der Waals surface area contributed by atoms with Gasteiger partial charge in [-0.1, -0.05) is 26.2 Å². The summed E-state index contributed by atoms with van der Waals surface area (Å²) in [6.07, 6.45) is 7.52. The Morgan fingerprint density at radius 3 is 1.67 bits per heavy atom. The number of esters is 2. The van der Waals surface area contributed by atoms with Gasteiger partial charge in [0.1, 0.15) is 6.10 Å². The van der Waals surface area contributed by atoms with Crippen LogP contribution in [0.25, 0.3) is 0 Å². The molecule has 210 valence electrons. The first-order valence-corrected chi connectivity index (χ1v) is 13.8. The number of hydrogen-bond donors (Lipinski definition) is 2. The zero-order valence-electron chi connectivity index (χ0n) is 24.2. The summed E-state index contributed by atoms with van der Waals surface area (Å²) >= 11 is 0. The van der Waals surface area contributed by atoms with Crippen molar-refractivity contribution in [3.63, 3.8) is 0 Å². The van der Waals surface area contributed by atoms with Crippen molar-refractivity contribution in [2.75, 3.05) is 6.61 Å². The van der Waals surface area contributed by atoms with Crippen molar-refractivity contribution in [2.45, 2.75) is 148 Å². The lowest BCUT2D eigenvalue weighted by Gasteiger charge is -2.35. The van der Waals surface area contributed by atoms with Gasteiger partial charge in [-0.05, 0) is 93.9 Å². The van der Waals surface area contributed by atoms with Crippen LogP contribution in [0.3, 0.4) is 0 Å². The molecule has 2 N–H and O–H groups in total. The van der Waals surface area contributed by atoms with Crippen molar-refractivity contribution < 1.29 is 29.5 Å². The minimum atomic E-state index is -0.649. The Hall–Kier alpha value is -1.22. The third-order valence-corrected chi connectivity index (χ3v) is 8.57. The van der Waals surface area contributed by atoms with Crippen LogP contribution in [-0.2, 0) is 19.1 Å². The minimum Gasteiger partial charge on any atom is -0.465 e. The summed E-state index contributed by atoms with van der Waals surface area (Å²) in [6, 6.07) is 0. The van der Waals surface area contributed by atoms with Gasteiger partial charge in [-0.3, -0.25) is 9.59 Å². The Morgan fingerprint density at radius 2 is 1.22 bits per heavy atom. The minimum absolute atomic E-state index is 0.102. The van der Waals surface area contributed by atoms with Crippen molar-refractivity contribution in [2.24, 2.45) is 11.8 Å². The van der Waals surface area contributed by atoms with Crippen LogP contribution in [-0.4, -0.2) is 67.3 Å². The molecule has 3 atom stereocenters. The number of rotatable bonds is 12. The highest BCUT2D eigenvalue weighted by atomic mass is 16.6. The average Bonchev–Trinajstić information content (AvgIpc) is 3.06. The molecule has 2 heterocycles. The van der Waals surface area contributed by atoms with Crippen molar-refractivity contribution in [3.8, 4) is 0 Å². The van der Waals surface area contributed by atoms with Crippen molar-refractivity contribution in [3.05, 3.63) is 0 Å². The predicted molar refractivity (Wildman–Crippen MR) is 139 cm³/mol. The zero-order valence-corrected chi connectivity index (χ0v) is 24.2. The predicted octanol–water partition coefficient (Wildman–Crippen LogP) is 5.73. The Bertz CT molecular complexity index is 763. The van der Waals surface area contributed by atoms with Crippen molar-refractivity contribution in [1.82, 2.24) is 10.1 Å². The molecule has 0 aliphatic carbocycles. The highest BCUT2D eigenvalue weighted by Gasteiger charge is 2.56. The number of nitrogens with zero attached hydrogens (tertiary/aromatic N) is 2. The summed E-state index contributed by atoms with van der Waals surface area (Å²) in [7, 11) is 0. The summed E-state index contributed by atoms with van der Waals surface area (Å²) < 4.78 is 11.4. The number of carbonyl (C=O) groups excluding carboxylic acids is 2. The third kappa shape index (κ3) is 6.80. The highest BCUT2D eigenvalue weighted by molar-refractivity contribution is 5.75. The normalized spacial score (nSPS) is 27.6. The topological polar surface area (TPSA) is 99.5 Å². The summed E-state index contributed by atoms with van der Waals surface area (Å²) in [4.78, 5) is 25.5. The summed E-state index contributed by atoms with van der Waals surface area (Å²) in [5, 5.41) is 23.5. The van der Waals surface area contributed by atoms with E-state index in [1.807, 2.05) is 62.3 Å². The van der Waals surface area contributed by atoms with E-state index >= 15 is 0 Å². The van der Waals surface area contributed by atoms with Crippen LogP contribution >= 0.6 is 0 Å². The second-order valence-electron chi connectivity index (χ2n) is 13.3. The quantitative estimate of drug-likeness (QED) is 0.253. The molecule has 36 heavy (non-hydrogen) atoms. The third-order valence-electron chi connectivity index (χ3n) is 8.57. The summed E-state index contributed by atoms with van der Waals surface area (Å²) in [5.74, 6) is -1.13. The van der Waals surface area contributed by atoms with Gasteiger partial charge in [0.2, 0.25) is 0 Å². The van der Waals surface area contributed by atoms with Gasteiger partial charge in [0, 0.05) is 11.1 Å². The van der Waals surface area contributed by atoms with E-state index in [4.69, 9.17) is 9.47 Å². The lowest BCUT2D eigenvalue weighted by Crippen LogP contribution is -2.48. The van der Waals surface area contributed by atoms with Crippen LogP contribution in [0.5, 0.6) is 0 Å². The number of hydrogen-bond acceptors (Lipinski definition) is 8. The van der Waals surface area contributed by atoms with Gasteiger partial charge < -0.3 is 19.9 Å². The van der Waals surface area contributed by atoms with Crippen LogP contribution in [0.15, 0.2) is 0 Å². The molecule has 2 saturated heterocycles. The molecule has 8 nitrogen and oxygen atoms in total. The van der Waals surface area contributed by atoms with Crippen LogP contribution in [0.1, 0.15) is 120 Å². The van der Waals surface area contributed by atoms with Crippen molar-refractivity contribution >= 4 is 11.9 Å². The molecule has 2 rings (SSSR count). The van der Waals surface area contributed by atoms with Gasteiger partial charge in [-0.25, -0.2) is 0 Å². The molecule has 3 unspecified atom stereocenters. The van der Waals surface area contributed by atoms with Gasteiger partial charge in [-0.2, -0.15) is 10.1 Å². The monoisotopic (exact) mass is 512 g/mol. The van der Waals surface area contributed by atoms with Crippen molar-refractivity contribution in [1.29, 1.82) is 0 Å². The van der Waals surface area contributed by atoms with Gasteiger partial charge in [0.05, 0.1) is 29.5 Å². The number of hydroxylamine groups is 4. The van der Waals surface area contributed by atoms with E-state index in [2.05, 4.69) is 0 Å². The summed E-state index contributed by atoms with van der Waals surface area (Å²) in [5.41, 5.74) is -2.18. The zero-order chi connectivity index (χ0) is 27.5. The second-order valence-corrected chi connectivity index (χ2v) is 13.3. The Balaban J connectivity index is 1.63. The van der Waals surface area contributed by atoms with E-state index in [-0.39, 0.29) is 29.9 Å². The maximum atomic E-state index is 12.9. The second kappa shape index (κ2) is 11.7. The fourth-order valence-corrected chi connectivity index (χ4v) is 6.14. The maximum absolute atomic E-state index is 12.9. The fraction of sp³-hybridized carbons (Fsp3) is 0.929. The van der Waals surface area contributed by atoms with E-state index in [0.717, 1.165) is 44.9 Å². The fourth-order valence-electron chi connectivity index (χ4n) is 6.14. The highest BCUT2D eigenvalue weighted by Crippen LogP contribution is 2.45. The lowest BCUT2D eigenvalue weighted by molar-refractivity contribution is -0.201. The van der Waals surface area contributed by atoms with E-state index in [1.165, 1.54) is 10.1 Å². The van der Waals surface area contributed by atoms with E-state index in [9.17, 15) is 20.0 Å². The standard InChI is InChI=1S/C28H52N2O6/c1-10-20(36-24(32)22-19-26(4,5)30(34)28(22,8)9)16-14-12-11-13-15-17-35-23(31)21-18-25(2,3)29(33)27(21,6)7/h20-22,33-34H,10-19H2,1-9H3. The maximum Gasteiger partial charge on any atom is 0.311 e. The molecule has 8 heteroatoms. The van der Waals surface area contributed by atoms with Gasteiger partial charge >= 0.3 is 11.9 Å². The Kier molecular flexibility index (Phi) is 10.0. The molecule has 0 saturated carbocycles. The molecular formula is C28H52N2O6. The van der Waals surface area contributed by atoms with Gasteiger partial charge in [-0.15, -0.1) is 0 Å². The first kappa shape index (κ1) is 31.0. The first-order chi connectivity index (χ1) is 16.5. The van der Waals surface area contributed by atoms with Crippen LogP contribution < -0.4 is 0 Å². The van der Waals surface area contributed by atoms with Gasteiger partial charge in [0.15, 0.2) is 0 Å². The van der Waals surface area contributed by atoms with Crippen LogP contribution in [0.4, 0.5) is 0 Å². The molecule has 0 aromatic carbocycles. The first-order valence-electron chi connectivity index (χ1n) is 13.8. The molecule has 2 fully saturated rings. The molecule has 2 aliphatic rings. The number of ether oxygens (including phenoxy) is 2. The van der Waals surface area contributed by atoms with Crippen LogP contribution in [0, 0.1) is 11.8 Å². The Morgan fingerprint density at radius 1 is 0.778 bits per heavy atom. The molecular weight excluding hydrogens is 460 g/mol.